The van der Waals surface area contributed by atoms with Gasteiger partial charge in [-0.15, -0.1) is 0 Å². The number of hydrazone groups is 1. The van der Waals surface area contributed by atoms with Gasteiger partial charge in [-0.25, -0.2) is 9.82 Å². The van der Waals surface area contributed by atoms with Crippen molar-refractivity contribution in [2.45, 2.75) is 20.1 Å². The second-order valence-electron chi connectivity index (χ2n) is 6.86. The smallest absolute Gasteiger partial charge is 0.329 e. The van der Waals surface area contributed by atoms with Crippen molar-refractivity contribution >= 4 is 18.0 Å². The molecule has 2 N–H and O–H groups in total. The zero-order chi connectivity index (χ0) is 22.1. The lowest BCUT2D eigenvalue weighted by Gasteiger charge is -2.07. The predicted molar refractivity (Wildman–Crippen MR) is 116 cm³/mol. The molecule has 3 rings (SSSR count). The molecular weight excluding hydrogens is 397 g/mol. The van der Waals surface area contributed by atoms with Crippen LogP contribution in [-0.2, 0) is 22.7 Å². The van der Waals surface area contributed by atoms with Crippen LogP contribution in [-0.4, -0.2) is 18.0 Å². The van der Waals surface area contributed by atoms with Crippen molar-refractivity contribution in [2.24, 2.45) is 5.10 Å². The number of carbonyl (C=O) groups excluding carboxylic acids is 2. The first-order chi connectivity index (χ1) is 15.0. The third kappa shape index (κ3) is 7.08. The van der Waals surface area contributed by atoms with Gasteiger partial charge in [0.2, 0.25) is 0 Å². The number of hydrogen-bond donors (Lipinski definition) is 2. The zero-order valence-corrected chi connectivity index (χ0v) is 17.0. The fourth-order valence-electron chi connectivity index (χ4n) is 2.66. The number of hydrogen-bond acceptors (Lipinski definition) is 4. The average molecular weight is 419 g/mol. The van der Waals surface area contributed by atoms with E-state index < -0.39 is 11.8 Å². The summed E-state index contributed by atoms with van der Waals surface area (Å²) < 4.78 is 18.9. The summed E-state index contributed by atoms with van der Waals surface area (Å²) in [5, 5.41) is 6.35. The van der Waals surface area contributed by atoms with Gasteiger partial charge < -0.3 is 10.1 Å². The minimum atomic E-state index is -0.859. The van der Waals surface area contributed by atoms with Gasteiger partial charge >= 0.3 is 11.8 Å². The Morgan fingerprint density at radius 1 is 0.968 bits per heavy atom. The Morgan fingerprint density at radius 3 is 2.52 bits per heavy atom. The molecule has 0 fully saturated rings. The minimum Gasteiger partial charge on any atom is -0.489 e. The molecule has 0 atom stereocenters. The Bertz CT molecular complexity index is 1080. The summed E-state index contributed by atoms with van der Waals surface area (Å²) in [6, 6.07) is 20.8. The van der Waals surface area contributed by atoms with Gasteiger partial charge in [-0.05, 0) is 47.9 Å². The zero-order valence-electron chi connectivity index (χ0n) is 17.0. The molecule has 0 saturated carbocycles. The Kier molecular flexibility index (Phi) is 7.48. The third-order valence-corrected chi connectivity index (χ3v) is 4.31. The summed E-state index contributed by atoms with van der Waals surface area (Å²) in [5.41, 5.74) is 5.58. The van der Waals surface area contributed by atoms with E-state index in [1.807, 2.05) is 31.2 Å². The van der Waals surface area contributed by atoms with Crippen LogP contribution < -0.4 is 15.5 Å². The maximum atomic E-state index is 13.2. The first-order valence-electron chi connectivity index (χ1n) is 9.64. The first-order valence-corrected chi connectivity index (χ1v) is 9.64. The molecular formula is C24H22FN3O3. The van der Waals surface area contributed by atoms with Crippen LogP contribution in [0.25, 0.3) is 0 Å². The molecule has 0 aliphatic rings. The third-order valence-electron chi connectivity index (χ3n) is 4.31. The van der Waals surface area contributed by atoms with E-state index in [2.05, 4.69) is 15.8 Å². The maximum absolute atomic E-state index is 13.2. The van der Waals surface area contributed by atoms with Crippen LogP contribution in [0.1, 0.15) is 22.3 Å². The summed E-state index contributed by atoms with van der Waals surface area (Å²) in [5.74, 6) is -1.39. The van der Waals surface area contributed by atoms with Gasteiger partial charge in [-0.3, -0.25) is 9.59 Å². The highest BCUT2D eigenvalue weighted by atomic mass is 19.1. The van der Waals surface area contributed by atoms with Crippen molar-refractivity contribution in [3.8, 4) is 5.75 Å². The number of rotatable bonds is 7. The lowest BCUT2D eigenvalue weighted by molar-refractivity contribution is -0.139. The highest BCUT2D eigenvalue weighted by molar-refractivity contribution is 6.35. The summed E-state index contributed by atoms with van der Waals surface area (Å²) in [6.45, 7) is 2.44. The van der Waals surface area contributed by atoms with Crippen molar-refractivity contribution in [2.75, 3.05) is 0 Å². The number of aryl methyl sites for hydroxylation is 1. The summed E-state index contributed by atoms with van der Waals surface area (Å²) in [4.78, 5) is 23.8. The van der Waals surface area contributed by atoms with Gasteiger partial charge in [0.15, 0.2) is 0 Å². The van der Waals surface area contributed by atoms with Crippen LogP contribution in [0.5, 0.6) is 5.75 Å². The van der Waals surface area contributed by atoms with Crippen molar-refractivity contribution in [3.05, 3.63) is 101 Å². The van der Waals surface area contributed by atoms with Crippen molar-refractivity contribution < 1.29 is 18.7 Å². The Labute approximate surface area is 179 Å². The molecule has 0 aliphatic heterocycles. The summed E-state index contributed by atoms with van der Waals surface area (Å²) >= 11 is 0. The van der Waals surface area contributed by atoms with Gasteiger partial charge in [0.25, 0.3) is 0 Å². The van der Waals surface area contributed by atoms with E-state index in [1.54, 1.807) is 36.4 Å². The largest absolute Gasteiger partial charge is 0.489 e. The molecule has 0 heterocycles. The maximum Gasteiger partial charge on any atom is 0.329 e. The fraction of sp³-hybridized carbons (Fsp3) is 0.125. The van der Waals surface area contributed by atoms with Crippen molar-refractivity contribution in [3.63, 3.8) is 0 Å². The number of benzene rings is 3. The highest BCUT2D eigenvalue weighted by Crippen LogP contribution is 2.14. The van der Waals surface area contributed by atoms with Gasteiger partial charge in [0.1, 0.15) is 18.2 Å². The molecule has 0 aliphatic carbocycles. The van der Waals surface area contributed by atoms with Crippen molar-refractivity contribution in [1.82, 2.24) is 10.7 Å². The molecule has 6 nitrogen and oxygen atoms in total. The fourth-order valence-corrected chi connectivity index (χ4v) is 2.66. The topological polar surface area (TPSA) is 79.8 Å². The van der Waals surface area contributed by atoms with E-state index >= 15 is 0 Å². The number of nitrogens with one attached hydrogen (secondary N) is 2. The average Bonchev–Trinajstić information content (AvgIpc) is 2.77. The molecule has 0 unspecified atom stereocenters. The van der Waals surface area contributed by atoms with Crippen LogP contribution in [0.2, 0.25) is 0 Å². The predicted octanol–water partition coefficient (Wildman–Crippen LogP) is 3.48. The van der Waals surface area contributed by atoms with Crippen LogP contribution in [0, 0.1) is 12.7 Å². The molecule has 0 bridgehead atoms. The van der Waals surface area contributed by atoms with Crippen LogP contribution in [0.3, 0.4) is 0 Å². The monoisotopic (exact) mass is 419 g/mol. The molecule has 7 heteroatoms. The van der Waals surface area contributed by atoms with Gasteiger partial charge in [-0.2, -0.15) is 5.10 Å². The van der Waals surface area contributed by atoms with Gasteiger partial charge in [-0.1, -0.05) is 54.1 Å². The molecule has 0 spiro atoms. The number of ether oxygens (including phenoxy) is 1. The van der Waals surface area contributed by atoms with E-state index in [9.17, 15) is 14.0 Å². The van der Waals surface area contributed by atoms with Crippen molar-refractivity contribution in [1.29, 1.82) is 0 Å². The Hall–Kier alpha value is -4.00. The quantitative estimate of drug-likeness (QED) is 0.350. The number of amides is 2. The van der Waals surface area contributed by atoms with Gasteiger partial charge in [0, 0.05) is 6.54 Å². The Morgan fingerprint density at radius 2 is 1.74 bits per heavy atom. The number of halogens is 1. The van der Waals surface area contributed by atoms with E-state index in [0.29, 0.717) is 16.9 Å². The highest BCUT2D eigenvalue weighted by Gasteiger charge is 2.11. The number of carbonyl (C=O) groups is 2. The Balaban J connectivity index is 1.47. The normalized spacial score (nSPS) is 10.6. The molecule has 158 valence electrons. The lowest BCUT2D eigenvalue weighted by atomic mass is 10.1. The van der Waals surface area contributed by atoms with E-state index in [4.69, 9.17) is 4.74 Å². The van der Waals surface area contributed by atoms with Crippen LogP contribution in [0.15, 0.2) is 77.9 Å². The van der Waals surface area contributed by atoms with E-state index in [0.717, 1.165) is 11.1 Å². The standard InChI is InChI=1S/C24H22FN3O3/c1-17-8-10-18(11-9-17)14-26-23(29)24(30)28-27-15-19-4-3-7-22(13-19)31-16-20-5-2-6-21(25)12-20/h2-13,15H,14,16H2,1H3,(H,26,29)(H,28,30)/b27-15-. The number of nitrogens with zero attached hydrogens (tertiary/aromatic N) is 1. The molecule has 3 aromatic carbocycles. The molecule has 31 heavy (non-hydrogen) atoms. The minimum absolute atomic E-state index is 0.218. The molecule has 0 saturated heterocycles. The molecule has 3 aromatic rings. The second kappa shape index (κ2) is 10.7. The molecule has 0 radical (unpaired) electrons. The lowest BCUT2D eigenvalue weighted by Crippen LogP contribution is -2.37. The summed E-state index contributed by atoms with van der Waals surface area (Å²) in [6.07, 6.45) is 1.40. The first kappa shape index (κ1) is 21.7. The van der Waals surface area contributed by atoms with Crippen LogP contribution >= 0.6 is 0 Å². The van der Waals surface area contributed by atoms with Gasteiger partial charge in [0.05, 0.1) is 6.21 Å². The summed E-state index contributed by atoms with van der Waals surface area (Å²) in [7, 11) is 0. The molecule has 0 aromatic heterocycles. The second-order valence-corrected chi connectivity index (χ2v) is 6.86. The SMILES string of the molecule is Cc1ccc(CNC(=O)C(=O)N/N=C\c2cccc(OCc3cccc(F)c3)c2)cc1. The molecule has 2 amide bonds. The van der Waals surface area contributed by atoms with E-state index in [1.165, 1.54) is 18.3 Å². The van der Waals surface area contributed by atoms with E-state index in [-0.39, 0.29) is 19.0 Å². The van der Waals surface area contributed by atoms with Crippen LogP contribution in [0.4, 0.5) is 4.39 Å².